The molecule has 0 bridgehead atoms. The molecule has 2 amide bonds. The van der Waals surface area contributed by atoms with Crippen molar-refractivity contribution in [1.82, 2.24) is 10.2 Å². The summed E-state index contributed by atoms with van der Waals surface area (Å²) < 4.78 is 0. The number of primary amides is 1. The Balaban J connectivity index is 1.83. The van der Waals surface area contributed by atoms with E-state index in [4.69, 9.17) is 5.73 Å². The number of hydrogen-bond donors (Lipinski definition) is 3. The lowest BCUT2D eigenvalue weighted by Gasteiger charge is -2.39. The van der Waals surface area contributed by atoms with E-state index in [9.17, 15) is 9.90 Å². The maximum absolute atomic E-state index is 11.4. The van der Waals surface area contributed by atoms with Gasteiger partial charge in [0, 0.05) is 25.0 Å². The highest BCUT2D eigenvalue weighted by atomic mass is 16.3. The number of urea groups is 1. The fourth-order valence-electron chi connectivity index (χ4n) is 3.54. The van der Waals surface area contributed by atoms with E-state index in [1.54, 1.807) is 11.8 Å². The van der Waals surface area contributed by atoms with Gasteiger partial charge in [-0.05, 0) is 38.6 Å². The smallest absolute Gasteiger partial charge is 0.314 e. The molecule has 116 valence electrons. The number of amides is 2. The van der Waals surface area contributed by atoms with Crippen LogP contribution in [-0.2, 0) is 0 Å². The third kappa shape index (κ3) is 4.35. The van der Waals surface area contributed by atoms with Gasteiger partial charge in [0.15, 0.2) is 0 Å². The fourth-order valence-corrected chi connectivity index (χ4v) is 3.54. The summed E-state index contributed by atoms with van der Waals surface area (Å²) in [5, 5.41) is 13.4. The van der Waals surface area contributed by atoms with Crippen molar-refractivity contribution < 1.29 is 9.90 Å². The second kappa shape index (κ2) is 7.27. The van der Waals surface area contributed by atoms with Gasteiger partial charge in [0.05, 0.1) is 6.10 Å². The Labute approximate surface area is 121 Å². The van der Waals surface area contributed by atoms with E-state index in [0.29, 0.717) is 13.1 Å². The SMILES string of the molecule is CC(O)C1CC(NCC2CCCCC2)CN(C(N)=O)C1. The number of carbonyl (C=O) groups is 1. The van der Waals surface area contributed by atoms with Crippen molar-refractivity contribution in [1.29, 1.82) is 0 Å². The summed E-state index contributed by atoms with van der Waals surface area (Å²) >= 11 is 0. The monoisotopic (exact) mass is 283 g/mol. The van der Waals surface area contributed by atoms with E-state index in [1.165, 1.54) is 32.1 Å². The van der Waals surface area contributed by atoms with Crippen molar-refractivity contribution in [2.75, 3.05) is 19.6 Å². The van der Waals surface area contributed by atoms with Gasteiger partial charge in [-0.1, -0.05) is 19.3 Å². The van der Waals surface area contributed by atoms with Gasteiger partial charge >= 0.3 is 6.03 Å². The number of aliphatic hydroxyl groups is 1. The summed E-state index contributed by atoms with van der Waals surface area (Å²) in [6, 6.07) is -0.113. The van der Waals surface area contributed by atoms with Crippen molar-refractivity contribution in [2.24, 2.45) is 17.6 Å². The molecule has 2 aliphatic rings. The maximum Gasteiger partial charge on any atom is 0.314 e. The van der Waals surface area contributed by atoms with E-state index in [-0.39, 0.29) is 18.0 Å². The van der Waals surface area contributed by atoms with Crippen LogP contribution in [0.15, 0.2) is 0 Å². The van der Waals surface area contributed by atoms with Crippen molar-refractivity contribution >= 4 is 6.03 Å². The second-order valence-electron chi connectivity index (χ2n) is 6.59. The normalized spacial score (nSPS) is 30.2. The summed E-state index contributed by atoms with van der Waals surface area (Å²) in [4.78, 5) is 13.1. The topological polar surface area (TPSA) is 78.6 Å². The summed E-state index contributed by atoms with van der Waals surface area (Å²) in [5.74, 6) is 0.901. The number of rotatable bonds is 4. The standard InChI is InChI=1S/C15H29N3O2/c1-11(19)13-7-14(10-18(9-13)15(16)20)17-8-12-5-3-2-4-6-12/h11-14,17,19H,2-10H2,1H3,(H2,16,20). The number of hydrogen-bond acceptors (Lipinski definition) is 3. The van der Waals surface area contributed by atoms with Crippen LogP contribution in [0.25, 0.3) is 0 Å². The summed E-state index contributed by atoms with van der Waals surface area (Å²) in [6.07, 6.45) is 7.24. The Hall–Kier alpha value is -0.810. The molecule has 5 heteroatoms. The molecule has 4 N–H and O–H groups in total. The number of nitrogens with two attached hydrogens (primary N) is 1. The van der Waals surface area contributed by atoms with Crippen LogP contribution in [0.3, 0.4) is 0 Å². The van der Waals surface area contributed by atoms with Crippen LogP contribution >= 0.6 is 0 Å². The molecule has 2 fully saturated rings. The first-order valence-corrected chi connectivity index (χ1v) is 8.02. The van der Waals surface area contributed by atoms with E-state index in [1.807, 2.05) is 0 Å². The highest BCUT2D eigenvalue weighted by Crippen LogP contribution is 2.24. The second-order valence-corrected chi connectivity index (χ2v) is 6.59. The molecule has 0 spiro atoms. The van der Waals surface area contributed by atoms with Crippen molar-refractivity contribution in [3.8, 4) is 0 Å². The van der Waals surface area contributed by atoms with Crippen molar-refractivity contribution in [3.63, 3.8) is 0 Å². The Bertz CT molecular complexity index is 316. The molecule has 1 heterocycles. The van der Waals surface area contributed by atoms with Gasteiger partial charge in [-0.3, -0.25) is 0 Å². The first-order valence-electron chi connectivity index (χ1n) is 8.02. The zero-order chi connectivity index (χ0) is 14.5. The number of piperidine rings is 1. The van der Waals surface area contributed by atoms with Gasteiger partial charge in [-0.25, -0.2) is 4.79 Å². The first kappa shape index (κ1) is 15.6. The van der Waals surface area contributed by atoms with Gasteiger partial charge in [0.25, 0.3) is 0 Å². The molecule has 20 heavy (non-hydrogen) atoms. The van der Waals surface area contributed by atoms with Gasteiger partial charge < -0.3 is 21.1 Å². The zero-order valence-corrected chi connectivity index (χ0v) is 12.6. The zero-order valence-electron chi connectivity index (χ0n) is 12.6. The third-order valence-electron chi connectivity index (χ3n) is 4.90. The summed E-state index contributed by atoms with van der Waals surface area (Å²) in [5.41, 5.74) is 5.41. The van der Waals surface area contributed by atoms with Gasteiger partial charge in [-0.2, -0.15) is 0 Å². The molecule has 5 nitrogen and oxygen atoms in total. The van der Waals surface area contributed by atoms with Crippen LogP contribution in [0.5, 0.6) is 0 Å². The number of carbonyl (C=O) groups excluding carboxylic acids is 1. The first-order chi connectivity index (χ1) is 9.56. The Morgan fingerprint density at radius 2 is 2.05 bits per heavy atom. The lowest BCUT2D eigenvalue weighted by atomic mass is 9.87. The average molecular weight is 283 g/mol. The van der Waals surface area contributed by atoms with Gasteiger partial charge in [0.2, 0.25) is 0 Å². The van der Waals surface area contributed by atoms with Gasteiger partial charge in [0.1, 0.15) is 0 Å². The van der Waals surface area contributed by atoms with Gasteiger partial charge in [-0.15, -0.1) is 0 Å². The molecule has 1 saturated carbocycles. The lowest BCUT2D eigenvalue weighted by Crippen LogP contribution is -2.55. The highest BCUT2D eigenvalue weighted by molar-refractivity contribution is 5.72. The molecular formula is C15H29N3O2. The number of nitrogens with zero attached hydrogens (tertiary/aromatic N) is 1. The van der Waals surface area contributed by atoms with Crippen LogP contribution in [0.1, 0.15) is 45.4 Å². The highest BCUT2D eigenvalue weighted by Gasteiger charge is 2.31. The third-order valence-corrected chi connectivity index (χ3v) is 4.90. The Kier molecular flexibility index (Phi) is 5.66. The molecule has 1 aliphatic carbocycles. The predicted octanol–water partition coefficient (Wildman–Crippen LogP) is 1.31. The lowest BCUT2D eigenvalue weighted by molar-refractivity contribution is 0.0613. The van der Waals surface area contributed by atoms with E-state index >= 15 is 0 Å². The largest absolute Gasteiger partial charge is 0.393 e. The van der Waals surface area contributed by atoms with E-state index in [0.717, 1.165) is 18.9 Å². The summed E-state index contributed by atoms with van der Waals surface area (Å²) in [6.45, 7) is 4.08. The maximum atomic E-state index is 11.4. The number of nitrogens with one attached hydrogen (secondary N) is 1. The average Bonchev–Trinajstić information content (AvgIpc) is 2.45. The molecule has 0 radical (unpaired) electrons. The van der Waals surface area contributed by atoms with Crippen LogP contribution in [0, 0.1) is 11.8 Å². The quantitative estimate of drug-likeness (QED) is 0.728. The Morgan fingerprint density at radius 1 is 1.35 bits per heavy atom. The molecule has 0 aromatic heterocycles. The van der Waals surface area contributed by atoms with Crippen LogP contribution in [0.2, 0.25) is 0 Å². The molecule has 3 unspecified atom stereocenters. The molecule has 0 aromatic rings. The van der Waals surface area contributed by atoms with Crippen molar-refractivity contribution in [3.05, 3.63) is 0 Å². The van der Waals surface area contributed by atoms with Crippen LogP contribution in [-0.4, -0.2) is 47.8 Å². The minimum absolute atomic E-state index is 0.125. The summed E-state index contributed by atoms with van der Waals surface area (Å²) in [7, 11) is 0. The molecule has 2 rings (SSSR count). The number of likely N-dealkylation sites (tertiary alicyclic amines) is 1. The predicted molar refractivity (Wildman–Crippen MR) is 79.3 cm³/mol. The minimum atomic E-state index is -0.392. The molecule has 3 atom stereocenters. The number of aliphatic hydroxyl groups excluding tert-OH is 1. The molecular weight excluding hydrogens is 254 g/mol. The van der Waals surface area contributed by atoms with Crippen LogP contribution in [0.4, 0.5) is 4.79 Å². The van der Waals surface area contributed by atoms with E-state index in [2.05, 4.69) is 5.32 Å². The van der Waals surface area contributed by atoms with Crippen molar-refractivity contribution in [2.45, 2.75) is 57.6 Å². The molecule has 1 saturated heterocycles. The molecule has 0 aromatic carbocycles. The Morgan fingerprint density at radius 3 is 2.65 bits per heavy atom. The van der Waals surface area contributed by atoms with E-state index < -0.39 is 6.10 Å². The minimum Gasteiger partial charge on any atom is -0.393 e. The fraction of sp³-hybridized carbons (Fsp3) is 0.933. The molecule has 1 aliphatic heterocycles. The van der Waals surface area contributed by atoms with Crippen LogP contribution < -0.4 is 11.1 Å².